The Kier molecular flexibility index (Phi) is 6.06. The molecule has 0 unspecified atom stereocenters. The van der Waals surface area contributed by atoms with E-state index in [1.54, 1.807) is 4.90 Å². The van der Waals surface area contributed by atoms with Crippen LogP contribution in [0.25, 0.3) is 88.3 Å². The van der Waals surface area contributed by atoms with Gasteiger partial charge in [0.05, 0.1) is 23.5 Å². The number of nitrogens with zero attached hydrogens (tertiary/aromatic N) is 1. The summed E-state index contributed by atoms with van der Waals surface area (Å²) in [5.41, 5.74) is 5.49. The molecule has 0 aliphatic rings. The van der Waals surface area contributed by atoms with E-state index in [-0.39, 0.29) is 5.69 Å². The highest BCUT2D eigenvalue weighted by Crippen LogP contribution is 2.44. The van der Waals surface area contributed by atoms with Gasteiger partial charge in [0.15, 0.2) is 0 Å². The number of hydrogen-bond acceptors (Lipinski definition) is 2. The van der Waals surface area contributed by atoms with Crippen LogP contribution in [-0.2, 0) is 0 Å². The van der Waals surface area contributed by atoms with Gasteiger partial charge in [-0.25, -0.2) is 0 Å². The van der Waals surface area contributed by atoms with E-state index in [4.69, 9.17) is 16.8 Å². The summed E-state index contributed by atoms with van der Waals surface area (Å²) >= 11 is 0. The lowest BCUT2D eigenvalue weighted by atomic mass is 9.97. The first kappa shape index (κ1) is 24.1. The van der Waals surface area contributed by atoms with E-state index in [9.17, 15) is 5.48 Å². The zero-order valence-corrected chi connectivity index (χ0v) is 31.9. The maximum Gasteiger partial charge on any atom is 0.143 e. The van der Waals surface area contributed by atoms with Crippen molar-refractivity contribution in [2.45, 2.75) is 0 Å². The van der Waals surface area contributed by atoms with Crippen LogP contribution in [-0.4, -0.2) is 0 Å². The Morgan fingerprint density at radius 1 is 0.350 bits per heavy atom. The second-order valence-electron chi connectivity index (χ2n) is 14.3. The average Bonchev–Trinajstić information content (AvgIpc) is 3.82. The number of rotatable bonds is 8. The molecular formula is C58H39NO. The van der Waals surface area contributed by atoms with Gasteiger partial charge in [-0.05, 0) is 97.9 Å². The van der Waals surface area contributed by atoms with Crippen molar-refractivity contribution in [2.75, 3.05) is 4.90 Å². The van der Waals surface area contributed by atoms with E-state index in [0.717, 1.165) is 60.5 Å². The third-order valence-corrected chi connectivity index (χ3v) is 10.7. The Morgan fingerprint density at radius 3 is 1.67 bits per heavy atom. The normalized spacial score (nSPS) is 14.4. The lowest BCUT2D eigenvalue weighted by Gasteiger charge is -2.28. The van der Waals surface area contributed by atoms with Crippen molar-refractivity contribution in [1.29, 1.82) is 0 Å². The first-order valence-corrected chi connectivity index (χ1v) is 19.4. The summed E-state index contributed by atoms with van der Waals surface area (Å²) in [4.78, 5) is 1.66. The minimum absolute atomic E-state index is 0.152. The van der Waals surface area contributed by atoms with Gasteiger partial charge < -0.3 is 9.32 Å². The van der Waals surface area contributed by atoms with Crippen LogP contribution in [0.3, 0.4) is 0 Å². The van der Waals surface area contributed by atoms with E-state index in [1.807, 2.05) is 146 Å². The average molecular weight is 779 g/mol. The van der Waals surface area contributed by atoms with Crippen LogP contribution < -0.4 is 4.90 Å². The molecule has 0 spiro atoms. The molecule has 282 valence electrons. The van der Waals surface area contributed by atoms with Gasteiger partial charge in [-0.1, -0.05) is 194 Å². The van der Waals surface area contributed by atoms with Crippen molar-refractivity contribution < 1.29 is 22.2 Å². The third kappa shape index (κ3) is 6.41. The van der Waals surface area contributed by atoms with E-state index >= 15 is 0 Å². The van der Waals surface area contributed by atoms with E-state index < -0.39 is 101 Å². The number of para-hydroxylation sites is 1. The maximum atomic E-state index is 9.71. The fourth-order valence-corrected chi connectivity index (χ4v) is 7.84. The van der Waals surface area contributed by atoms with Crippen molar-refractivity contribution in [3.63, 3.8) is 0 Å². The van der Waals surface area contributed by atoms with E-state index in [2.05, 4.69) is 12.1 Å². The lowest BCUT2D eigenvalue weighted by molar-refractivity contribution is 0.673. The van der Waals surface area contributed by atoms with Crippen LogP contribution in [0.15, 0.2) is 241 Å². The summed E-state index contributed by atoms with van der Waals surface area (Å²) in [6, 6.07) is 41.9. The minimum Gasteiger partial charge on any atom is -0.455 e. The quantitative estimate of drug-likeness (QED) is 0.153. The summed E-state index contributed by atoms with van der Waals surface area (Å²) in [5, 5.41) is 3.94. The second kappa shape index (κ2) is 15.1. The van der Waals surface area contributed by atoms with Gasteiger partial charge in [0, 0.05) is 33.1 Å². The molecule has 0 aliphatic carbocycles. The fourth-order valence-electron chi connectivity index (χ4n) is 7.84. The van der Waals surface area contributed by atoms with Gasteiger partial charge >= 0.3 is 0 Å². The van der Waals surface area contributed by atoms with Crippen LogP contribution in [0.4, 0.5) is 17.1 Å². The van der Waals surface area contributed by atoms with Gasteiger partial charge in [-0.15, -0.1) is 0 Å². The number of benzene rings is 10. The Morgan fingerprint density at radius 2 is 0.917 bits per heavy atom. The molecule has 1 heterocycles. The zero-order chi connectivity index (χ0) is 51.1. The van der Waals surface area contributed by atoms with Crippen LogP contribution in [0.5, 0.6) is 0 Å². The fraction of sp³-hybridized carbons (Fsp3) is 0. The highest BCUT2D eigenvalue weighted by molar-refractivity contribution is 6.19. The lowest BCUT2D eigenvalue weighted by Crippen LogP contribution is -2.11. The highest BCUT2D eigenvalue weighted by Gasteiger charge is 2.19. The molecule has 0 aliphatic heterocycles. The molecule has 60 heavy (non-hydrogen) atoms. The van der Waals surface area contributed by atoms with Crippen molar-refractivity contribution in [2.24, 2.45) is 0 Å². The molecule has 10 aromatic carbocycles. The monoisotopic (exact) mass is 778 g/mol. The largest absolute Gasteiger partial charge is 0.455 e. The summed E-state index contributed by atoms with van der Waals surface area (Å²) in [7, 11) is 0. The van der Waals surface area contributed by atoms with Gasteiger partial charge in [0.25, 0.3) is 0 Å². The molecule has 2 heteroatoms. The minimum atomic E-state index is -0.781. The Bertz CT molecular complexity index is 3980. The predicted octanol–water partition coefficient (Wildman–Crippen LogP) is 16.5. The molecule has 0 amide bonds. The van der Waals surface area contributed by atoms with Gasteiger partial charge in [0.1, 0.15) is 11.2 Å². The van der Waals surface area contributed by atoms with Crippen LogP contribution in [0, 0.1) is 0 Å². The maximum absolute atomic E-state index is 9.71. The summed E-state index contributed by atoms with van der Waals surface area (Å²) in [6.45, 7) is 0. The molecule has 0 radical (unpaired) electrons. The Labute approximate surface area is 368 Å². The Balaban J connectivity index is 1.10. The van der Waals surface area contributed by atoms with Crippen LogP contribution in [0.1, 0.15) is 17.8 Å². The topological polar surface area (TPSA) is 16.4 Å². The number of anilines is 3. The molecule has 1 aromatic heterocycles. The summed E-state index contributed by atoms with van der Waals surface area (Å²) in [6.07, 6.45) is 0. The first-order valence-electron chi connectivity index (χ1n) is 25.9. The predicted molar refractivity (Wildman–Crippen MR) is 253 cm³/mol. The van der Waals surface area contributed by atoms with Gasteiger partial charge in [0.2, 0.25) is 0 Å². The first-order chi connectivity index (χ1) is 35.2. The Hall–Kier alpha value is -7.94. The SMILES string of the molecule is [2H]c1c([2H])c([2H])c(-c2c([2H])c([2H])c(-c3c([2H])c([2H])c(N(c4ccc(-c5cccc6oc7c8ccccc8ccc7c56)cc4)c4ccccc4-c4ccc(-c5ccccc5)cc4)c([2H])c3[2H])c([2H])c2[2H])c([2H])c1[2H]. The van der Waals surface area contributed by atoms with Crippen molar-refractivity contribution >= 4 is 49.8 Å². The number of fused-ring (bicyclic) bond motifs is 5. The van der Waals surface area contributed by atoms with E-state index in [1.165, 1.54) is 0 Å². The van der Waals surface area contributed by atoms with Crippen LogP contribution in [0.2, 0.25) is 0 Å². The molecule has 0 fully saturated rings. The molecular weight excluding hydrogens is 727 g/mol. The summed E-state index contributed by atoms with van der Waals surface area (Å²) in [5.74, 6) is 0. The van der Waals surface area contributed by atoms with Crippen LogP contribution >= 0.6 is 0 Å². The molecule has 0 atom stereocenters. The number of hydrogen-bond donors (Lipinski definition) is 0. The molecule has 0 saturated heterocycles. The molecule has 2 nitrogen and oxygen atoms in total. The number of furan rings is 1. The molecule has 0 N–H and O–H groups in total. The highest BCUT2D eigenvalue weighted by atomic mass is 16.3. The van der Waals surface area contributed by atoms with Crippen molar-refractivity contribution in [3.8, 4) is 55.6 Å². The smallest absolute Gasteiger partial charge is 0.143 e. The van der Waals surface area contributed by atoms with Crippen molar-refractivity contribution in [3.05, 3.63) is 236 Å². The standard InChI is InChI=1S/C58H39NO/c1-3-12-40(13-4-1)42-22-24-44(25-23-42)45-30-35-49(36-31-45)59(55-20-10-9-17-51(55)47-28-26-43(27-29-47)41-14-5-2-6-15-41)50-37-32-48(33-38-50)52-19-11-21-56-57(52)54-39-34-46-16-7-8-18-53(46)58(54)60-56/h1-39H/i1D,3D,4D,12D,13D,22D,23D,24D,25D,30D,31D,35D,36D. The van der Waals surface area contributed by atoms with Gasteiger partial charge in [-0.2, -0.15) is 0 Å². The van der Waals surface area contributed by atoms with E-state index in [0.29, 0.717) is 16.9 Å². The van der Waals surface area contributed by atoms with Crippen molar-refractivity contribution in [1.82, 2.24) is 0 Å². The molecule has 11 aromatic rings. The molecule has 0 bridgehead atoms. The summed E-state index contributed by atoms with van der Waals surface area (Å²) < 4.78 is 123. The third-order valence-electron chi connectivity index (χ3n) is 10.7. The van der Waals surface area contributed by atoms with Gasteiger partial charge in [-0.3, -0.25) is 0 Å². The molecule has 11 rings (SSSR count). The second-order valence-corrected chi connectivity index (χ2v) is 14.3. The molecule has 0 saturated carbocycles. The zero-order valence-electron chi connectivity index (χ0n) is 44.9.